The zero-order chi connectivity index (χ0) is 13.5. The Labute approximate surface area is 117 Å². The SMILES string of the molecule is CCOC(C1CCCCC1)C(NN)C1=CCCCC1. The molecule has 0 amide bonds. The molecule has 2 aliphatic carbocycles. The molecule has 0 aromatic heterocycles. The highest BCUT2D eigenvalue weighted by Gasteiger charge is 2.32. The molecular formula is C16H30N2O. The second kappa shape index (κ2) is 8.03. The van der Waals surface area contributed by atoms with Crippen LogP contribution in [0, 0.1) is 5.92 Å². The number of rotatable bonds is 6. The molecule has 0 bridgehead atoms. The lowest BCUT2D eigenvalue weighted by Crippen LogP contribution is -2.50. The minimum atomic E-state index is 0.225. The van der Waals surface area contributed by atoms with E-state index >= 15 is 0 Å². The zero-order valence-electron chi connectivity index (χ0n) is 12.4. The number of allylic oxidation sites excluding steroid dienone is 1. The van der Waals surface area contributed by atoms with Gasteiger partial charge in [-0.05, 0) is 51.4 Å². The van der Waals surface area contributed by atoms with Crippen molar-refractivity contribution in [1.29, 1.82) is 0 Å². The first-order chi connectivity index (χ1) is 9.36. The summed E-state index contributed by atoms with van der Waals surface area (Å²) in [5.74, 6) is 6.55. The van der Waals surface area contributed by atoms with Gasteiger partial charge < -0.3 is 4.74 Å². The van der Waals surface area contributed by atoms with E-state index in [0.29, 0.717) is 5.92 Å². The standard InChI is InChI=1S/C16H30N2O/c1-2-19-16(14-11-7-4-8-12-14)15(18-17)13-9-5-3-6-10-13/h9,14-16,18H,2-8,10-12,17H2,1H3. The van der Waals surface area contributed by atoms with E-state index in [4.69, 9.17) is 10.6 Å². The van der Waals surface area contributed by atoms with E-state index in [9.17, 15) is 0 Å². The molecule has 0 aliphatic heterocycles. The van der Waals surface area contributed by atoms with Crippen LogP contribution < -0.4 is 11.3 Å². The van der Waals surface area contributed by atoms with Gasteiger partial charge in [0.05, 0.1) is 12.1 Å². The van der Waals surface area contributed by atoms with Crippen LogP contribution in [-0.2, 0) is 4.74 Å². The summed E-state index contributed by atoms with van der Waals surface area (Å²) >= 11 is 0. The fourth-order valence-electron chi connectivity index (χ4n) is 3.72. The maximum absolute atomic E-state index is 6.10. The molecule has 0 aromatic carbocycles. The highest BCUT2D eigenvalue weighted by molar-refractivity contribution is 5.16. The predicted octanol–water partition coefficient (Wildman–Crippen LogP) is 3.30. The van der Waals surface area contributed by atoms with Gasteiger partial charge in [0.15, 0.2) is 0 Å². The van der Waals surface area contributed by atoms with Gasteiger partial charge in [0.2, 0.25) is 0 Å². The van der Waals surface area contributed by atoms with Gasteiger partial charge in [0, 0.05) is 6.61 Å². The largest absolute Gasteiger partial charge is 0.376 e. The maximum Gasteiger partial charge on any atom is 0.0807 e. The third-order valence-corrected chi connectivity index (χ3v) is 4.71. The Bertz CT molecular complexity index is 284. The molecule has 0 aromatic rings. The van der Waals surface area contributed by atoms with Gasteiger partial charge in [-0.15, -0.1) is 0 Å². The van der Waals surface area contributed by atoms with Gasteiger partial charge in [-0.1, -0.05) is 30.9 Å². The lowest BCUT2D eigenvalue weighted by atomic mass is 9.79. The Morgan fingerprint density at radius 2 is 2.05 bits per heavy atom. The molecule has 2 aliphatic rings. The van der Waals surface area contributed by atoms with Crippen molar-refractivity contribution in [3.8, 4) is 0 Å². The monoisotopic (exact) mass is 266 g/mol. The molecule has 110 valence electrons. The third-order valence-electron chi connectivity index (χ3n) is 4.71. The molecule has 0 saturated heterocycles. The highest BCUT2D eigenvalue weighted by atomic mass is 16.5. The summed E-state index contributed by atoms with van der Waals surface area (Å²) in [5.41, 5.74) is 4.54. The van der Waals surface area contributed by atoms with Crippen molar-refractivity contribution >= 4 is 0 Å². The quantitative estimate of drug-likeness (QED) is 0.440. The number of hydrogen-bond acceptors (Lipinski definition) is 3. The van der Waals surface area contributed by atoms with Crippen molar-refractivity contribution in [3.63, 3.8) is 0 Å². The first-order valence-corrected chi connectivity index (χ1v) is 8.13. The van der Waals surface area contributed by atoms with Crippen LogP contribution in [0.1, 0.15) is 64.7 Å². The summed E-state index contributed by atoms with van der Waals surface area (Å²) < 4.78 is 6.10. The van der Waals surface area contributed by atoms with Crippen LogP contribution in [0.2, 0.25) is 0 Å². The van der Waals surface area contributed by atoms with E-state index < -0.39 is 0 Å². The van der Waals surface area contributed by atoms with E-state index in [1.54, 1.807) is 0 Å². The molecule has 3 heteroatoms. The van der Waals surface area contributed by atoms with Gasteiger partial charge in [-0.25, -0.2) is 0 Å². The zero-order valence-corrected chi connectivity index (χ0v) is 12.4. The first-order valence-electron chi connectivity index (χ1n) is 8.13. The average molecular weight is 266 g/mol. The normalized spacial score (nSPS) is 24.8. The molecule has 2 rings (SSSR count). The second-order valence-corrected chi connectivity index (χ2v) is 5.99. The van der Waals surface area contributed by atoms with E-state index in [2.05, 4.69) is 18.4 Å². The van der Waals surface area contributed by atoms with Crippen LogP contribution in [0.5, 0.6) is 0 Å². The molecule has 1 saturated carbocycles. The Balaban J connectivity index is 2.07. The topological polar surface area (TPSA) is 47.3 Å². The summed E-state index contributed by atoms with van der Waals surface area (Å²) in [4.78, 5) is 0. The highest BCUT2D eigenvalue weighted by Crippen LogP contribution is 2.33. The number of nitrogens with two attached hydrogens (primary N) is 1. The minimum Gasteiger partial charge on any atom is -0.376 e. The van der Waals surface area contributed by atoms with Crippen LogP contribution in [0.4, 0.5) is 0 Å². The second-order valence-electron chi connectivity index (χ2n) is 5.99. The summed E-state index contributed by atoms with van der Waals surface area (Å²) in [5, 5.41) is 0. The van der Waals surface area contributed by atoms with E-state index in [1.165, 1.54) is 63.4 Å². The summed E-state index contributed by atoms with van der Waals surface area (Å²) in [6.45, 7) is 2.88. The van der Waals surface area contributed by atoms with Crippen molar-refractivity contribution < 1.29 is 4.74 Å². The Kier molecular flexibility index (Phi) is 6.35. The first kappa shape index (κ1) is 15.0. The maximum atomic E-state index is 6.10. The predicted molar refractivity (Wildman–Crippen MR) is 79.7 cm³/mol. The molecule has 0 radical (unpaired) electrons. The summed E-state index contributed by atoms with van der Waals surface area (Å²) in [7, 11) is 0. The lowest BCUT2D eigenvalue weighted by molar-refractivity contribution is -0.0106. The number of hydrazine groups is 1. The van der Waals surface area contributed by atoms with E-state index in [0.717, 1.165) is 6.61 Å². The van der Waals surface area contributed by atoms with Crippen LogP contribution in [0.15, 0.2) is 11.6 Å². The van der Waals surface area contributed by atoms with Gasteiger partial charge in [-0.2, -0.15) is 0 Å². The van der Waals surface area contributed by atoms with Crippen LogP contribution >= 0.6 is 0 Å². The number of hydrogen-bond donors (Lipinski definition) is 2. The van der Waals surface area contributed by atoms with Crippen LogP contribution in [-0.4, -0.2) is 18.8 Å². The van der Waals surface area contributed by atoms with Gasteiger partial charge in [-0.3, -0.25) is 11.3 Å². The molecule has 2 unspecified atom stereocenters. The number of nitrogens with one attached hydrogen (secondary N) is 1. The van der Waals surface area contributed by atoms with Crippen LogP contribution in [0.3, 0.4) is 0 Å². The molecule has 19 heavy (non-hydrogen) atoms. The van der Waals surface area contributed by atoms with Crippen molar-refractivity contribution in [2.75, 3.05) is 6.61 Å². The fraction of sp³-hybridized carbons (Fsp3) is 0.875. The third kappa shape index (κ3) is 4.04. The van der Waals surface area contributed by atoms with Crippen molar-refractivity contribution in [3.05, 3.63) is 11.6 Å². The molecule has 1 fully saturated rings. The molecule has 2 atom stereocenters. The lowest BCUT2D eigenvalue weighted by Gasteiger charge is -2.37. The Morgan fingerprint density at radius 3 is 2.63 bits per heavy atom. The average Bonchev–Trinajstić information content (AvgIpc) is 2.49. The van der Waals surface area contributed by atoms with Gasteiger partial charge >= 0.3 is 0 Å². The fourth-order valence-corrected chi connectivity index (χ4v) is 3.72. The number of ether oxygens (including phenoxy) is 1. The summed E-state index contributed by atoms with van der Waals surface area (Å²) in [6, 6.07) is 0.225. The Morgan fingerprint density at radius 1 is 1.26 bits per heavy atom. The van der Waals surface area contributed by atoms with Crippen molar-refractivity contribution in [2.24, 2.45) is 11.8 Å². The molecule has 0 heterocycles. The molecule has 0 spiro atoms. The minimum absolute atomic E-state index is 0.225. The smallest absolute Gasteiger partial charge is 0.0807 e. The van der Waals surface area contributed by atoms with Crippen molar-refractivity contribution in [2.45, 2.75) is 76.9 Å². The van der Waals surface area contributed by atoms with E-state index in [-0.39, 0.29) is 12.1 Å². The van der Waals surface area contributed by atoms with E-state index in [1.807, 2.05) is 0 Å². The van der Waals surface area contributed by atoms with Crippen LogP contribution in [0.25, 0.3) is 0 Å². The van der Waals surface area contributed by atoms with Crippen molar-refractivity contribution in [1.82, 2.24) is 5.43 Å². The molecule has 3 nitrogen and oxygen atoms in total. The molecular weight excluding hydrogens is 236 g/mol. The van der Waals surface area contributed by atoms with Gasteiger partial charge in [0.25, 0.3) is 0 Å². The Hall–Kier alpha value is -0.380. The van der Waals surface area contributed by atoms with Gasteiger partial charge in [0.1, 0.15) is 0 Å². The molecule has 3 N–H and O–H groups in total. The summed E-state index contributed by atoms with van der Waals surface area (Å²) in [6.07, 6.45) is 14.4.